The molecule has 0 aromatic heterocycles. The van der Waals surface area contributed by atoms with E-state index in [9.17, 15) is 0 Å². The molecule has 2 rings (SSSR count). The molecule has 0 aliphatic rings. The average Bonchev–Trinajstić information content (AvgIpc) is 2.30. The number of halogens is 1. The minimum absolute atomic E-state index is 0.256. The van der Waals surface area contributed by atoms with Gasteiger partial charge in [0.2, 0.25) is 0 Å². The normalized spacial score (nSPS) is 9.94. The molecule has 2 aromatic rings. The summed E-state index contributed by atoms with van der Waals surface area (Å²) in [6.07, 6.45) is 0. The molecule has 0 aliphatic carbocycles. The molecule has 0 spiro atoms. The predicted octanol–water partition coefficient (Wildman–Crippen LogP) is 3.66. The third-order valence-electron chi connectivity index (χ3n) is 2.34. The van der Waals surface area contributed by atoms with Gasteiger partial charge in [-0.1, -0.05) is 41.9 Å². The molecule has 0 unspecified atom stereocenters. The van der Waals surface area contributed by atoms with Crippen molar-refractivity contribution in [3.8, 4) is 11.1 Å². The first kappa shape index (κ1) is 11.9. The van der Waals surface area contributed by atoms with Gasteiger partial charge in [-0.15, -0.1) is 0 Å². The van der Waals surface area contributed by atoms with Crippen LogP contribution in [-0.2, 0) is 0 Å². The highest BCUT2D eigenvalue weighted by Gasteiger charge is 2.04. The van der Waals surface area contributed by atoms with Crippen LogP contribution in [0.15, 0.2) is 48.5 Å². The van der Waals surface area contributed by atoms with Gasteiger partial charge in [0.1, 0.15) is 0 Å². The molecule has 2 nitrogen and oxygen atoms in total. The Morgan fingerprint density at radius 1 is 1.06 bits per heavy atom. The van der Waals surface area contributed by atoms with Crippen LogP contribution in [0.4, 0.5) is 5.69 Å². The first-order chi connectivity index (χ1) is 8.16. The fourth-order valence-electron chi connectivity index (χ4n) is 1.61. The molecule has 0 radical (unpaired) electrons. The third kappa shape index (κ3) is 2.96. The standard InChI is InChI=1S/C13H11ClN2S/c14-10-7-5-9(6-8-10)11-3-1-2-4-12(11)16-13(15)17/h1-8H,(H3,15,16,17). The average molecular weight is 263 g/mol. The molecule has 2 aromatic carbocycles. The zero-order valence-electron chi connectivity index (χ0n) is 8.98. The first-order valence-corrected chi connectivity index (χ1v) is 5.87. The summed E-state index contributed by atoms with van der Waals surface area (Å²) in [7, 11) is 0. The summed E-state index contributed by atoms with van der Waals surface area (Å²) in [5.74, 6) is 0. The van der Waals surface area contributed by atoms with Crippen molar-refractivity contribution in [1.29, 1.82) is 0 Å². The number of hydrogen-bond donors (Lipinski definition) is 2. The number of rotatable bonds is 2. The fourth-order valence-corrected chi connectivity index (χ4v) is 1.84. The lowest BCUT2D eigenvalue weighted by molar-refractivity contribution is 1.57. The molecule has 17 heavy (non-hydrogen) atoms. The number of nitrogens with one attached hydrogen (secondary N) is 1. The van der Waals surface area contributed by atoms with Crippen molar-refractivity contribution in [3.63, 3.8) is 0 Å². The maximum Gasteiger partial charge on any atom is 0.168 e. The lowest BCUT2D eigenvalue weighted by atomic mass is 10.0. The van der Waals surface area contributed by atoms with E-state index < -0.39 is 0 Å². The smallest absolute Gasteiger partial charge is 0.168 e. The Balaban J connectivity index is 2.44. The number of para-hydroxylation sites is 1. The number of benzene rings is 2. The van der Waals surface area contributed by atoms with Crippen LogP contribution < -0.4 is 11.1 Å². The molecule has 0 amide bonds. The second kappa shape index (κ2) is 5.17. The van der Waals surface area contributed by atoms with Crippen LogP contribution in [-0.4, -0.2) is 5.11 Å². The zero-order valence-corrected chi connectivity index (χ0v) is 10.6. The highest BCUT2D eigenvalue weighted by Crippen LogP contribution is 2.28. The van der Waals surface area contributed by atoms with E-state index in [2.05, 4.69) is 5.32 Å². The summed E-state index contributed by atoms with van der Waals surface area (Å²) in [5.41, 5.74) is 8.49. The monoisotopic (exact) mass is 262 g/mol. The van der Waals surface area contributed by atoms with Crippen molar-refractivity contribution in [3.05, 3.63) is 53.6 Å². The molecular weight excluding hydrogens is 252 g/mol. The fraction of sp³-hybridized carbons (Fsp3) is 0. The van der Waals surface area contributed by atoms with Gasteiger partial charge in [-0.05, 0) is 36.0 Å². The highest BCUT2D eigenvalue weighted by molar-refractivity contribution is 7.80. The van der Waals surface area contributed by atoms with Crippen LogP contribution in [0.5, 0.6) is 0 Å². The van der Waals surface area contributed by atoms with E-state index in [1.807, 2.05) is 48.5 Å². The Morgan fingerprint density at radius 2 is 1.71 bits per heavy atom. The molecule has 0 atom stereocenters. The second-order valence-electron chi connectivity index (χ2n) is 3.54. The number of hydrogen-bond acceptors (Lipinski definition) is 1. The van der Waals surface area contributed by atoms with E-state index in [0.29, 0.717) is 5.02 Å². The lowest BCUT2D eigenvalue weighted by Gasteiger charge is -2.10. The summed E-state index contributed by atoms with van der Waals surface area (Å²) in [6.45, 7) is 0. The van der Waals surface area contributed by atoms with Crippen molar-refractivity contribution in [2.24, 2.45) is 5.73 Å². The van der Waals surface area contributed by atoms with Gasteiger partial charge in [0.05, 0.1) is 0 Å². The Morgan fingerprint density at radius 3 is 2.35 bits per heavy atom. The van der Waals surface area contributed by atoms with Crippen LogP contribution in [0, 0.1) is 0 Å². The van der Waals surface area contributed by atoms with E-state index in [0.717, 1.165) is 16.8 Å². The molecule has 4 heteroatoms. The third-order valence-corrected chi connectivity index (χ3v) is 2.69. The Bertz CT molecular complexity index is 537. The number of anilines is 1. The maximum atomic E-state index is 5.87. The summed E-state index contributed by atoms with van der Waals surface area (Å²) < 4.78 is 0. The SMILES string of the molecule is NC(=S)Nc1ccccc1-c1ccc(Cl)cc1. The van der Waals surface area contributed by atoms with Gasteiger partial charge in [0, 0.05) is 16.3 Å². The van der Waals surface area contributed by atoms with E-state index in [-0.39, 0.29) is 5.11 Å². The quantitative estimate of drug-likeness (QED) is 0.811. The second-order valence-corrected chi connectivity index (χ2v) is 4.42. The van der Waals surface area contributed by atoms with Crippen LogP contribution >= 0.6 is 23.8 Å². The highest BCUT2D eigenvalue weighted by atomic mass is 35.5. The molecule has 0 bridgehead atoms. The van der Waals surface area contributed by atoms with Gasteiger partial charge in [0.15, 0.2) is 5.11 Å². The maximum absolute atomic E-state index is 5.87. The number of thiocarbonyl (C=S) groups is 1. The van der Waals surface area contributed by atoms with Crippen molar-refractivity contribution in [1.82, 2.24) is 0 Å². The van der Waals surface area contributed by atoms with Crippen molar-refractivity contribution in [2.75, 3.05) is 5.32 Å². The van der Waals surface area contributed by atoms with Gasteiger partial charge in [-0.25, -0.2) is 0 Å². The van der Waals surface area contributed by atoms with Crippen LogP contribution in [0.25, 0.3) is 11.1 Å². The van der Waals surface area contributed by atoms with E-state index in [1.165, 1.54) is 0 Å². The first-order valence-electron chi connectivity index (χ1n) is 5.08. The van der Waals surface area contributed by atoms with Gasteiger partial charge in [-0.2, -0.15) is 0 Å². The Labute approximate surface area is 110 Å². The molecule has 0 saturated heterocycles. The van der Waals surface area contributed by atoms with Crippen LogP contribution in [0.2, 0.25) is 5.02 Å². The van der Waals surface area contributed by atoms with Crippen molar-refractivity contribution < 1.29 is 0 Å². The number of nitrogens with two attached hydrogens (primary N) is 1. The van der Waals surface area contributed by atoms with Gasteiger partial charge < -0.3 is 11.1 Å². The summed E-state index contributed by atoms with van der Waals surface area (Å²) in [6, 6.07) is 15.5. The Kier molecular flexibility index (Phi) is 3.61. The van der Waals surface area contributed by atoms with E-state index in [4.69, 9.17) is 29.6 Å². The van der Waals surface area contributed by atoms with Gasteiger partial charge in [-0.3, -0.25) is 0 Å². The lowest BCUT2D eigenvalue weighted by Crippen LogP contribution is -2.19. The molecule has 0 aliphatic heterocycles. The molecule has 0 saturated carbocycles. The minimum Gasteiger partial charge on any atom is -0.376 e. The van der Waals surface area contributed by atoms with Crippen LogP contribution in [0.1, 0.15) is 0 Å². The van der Waals surface area contributed by atoms with Gasteiger partial charge in [0.25, 0.3) is 0 Å². The van der Waals surface area contributed by atoms with Crippen molar-refractivity contribution >= 4 is 34.6 Å². The summed E-state index contributed by atoms with van der Waals surface area (Å²) >= 11 is 10.7. The van der Waals surface area contributed by atoms with Crippen LogP contribution in [0.3, 0.4) is 0 Å². The molecular formula is C13H11ClN2S. The summed E-state index contributed by atoms with van der Waals surface area (Å²) in [5, 5.41) is 3.93. The Hall–Kier alpha value is -1.58. The zero-order chi connectivity index (χ0) is 12.3. The topological polar surface area (TPSA) is 38.0 Å². The molecule has 3 N–H and O–H groups in total. The minimum atomic E-state index is 0.256. The summed E-state index contributed by atoms with van der Waals surface area (Å²) in [4.78, 5) is 0. The molecule has 0 heterocycles. The molecule has 0 fully saturated rings. The predicted molar refractivity (Wildman–Crippen MR) is 77.3 cm³/mol. The van der Waals surface area contributed by atoms with Gasteiger partial charge >= 0.3 is 0 Å². The largest absolute Gasteiger partial charge is 0.376 e. The molecule has 86 valence electrons. The van der Waals surface area contributed by atoms with E-state index >= 15 is 0 Å². The van der Waals surface area contributed by atoms with Crippen molar-refractivity contribution in [2.45, 2.75) is 0 Å². The van der Waals surface area contributed by atoms with E-state index in [1.54, 1.807) is 0 Å².